The molecular formula is C14H24O4. The van der Waals surface area contributed by atoms with Gasteiger partial charge in [-0.3, -0.25) is 4.79 Å². The molecule has 0 aromatic carbocycles. The number of hydrogen-bond acceptors (Lipinski definition) is 4. The molecule has 1 aliphatic carbocycles. The zero-order valence-corrected chi connectivity index (χ0v) is 11.2. The first kappa shape index (κ1) is 13.8. The maximum atomic E-state index is 11.4. The smallest absolute Gasteiger partial charge is 0.308 e. The Morgan fingerprint density at radius 3 is 2.56 bits per heavy atom. The van der Waals surface area contributed by atoms with Crippen LogP contribution in [0.4, 0.5) is 0 Å². The molecular weight excluding hydrogens is 232 g/mol. The monoisotopic (exact) mass is 256 g/mol. The molecule has 1 unspecified atom stereocenters. The molecule has 2 rings (SSSR count). The van der Waals surface area contributed by atoms with E-state index in [1.165, 1.54) is 20.0 Å². The van der Waals surface area contributed by atoms with Crippen molar-refractivity contribution < 1.29 is 19.0 Å². The van der Waals surface area contributed by atoms with Crippen molar-refractivity contribution in [2.45, 2.75) is 57.2 Å². The van der Waals surface area contributed by atoms with Crippen LogP contribution in [0.1, 0.15) is 44.9 Å². The van der Waals surface area contributed by atoms with Crippen LogP contribution in [0.2, 0.25) is 0 Å². The fourth-order valence-electron chi connectivity index (χ4n) is 2.81. The zero-order chi connectivity index (χ0) is 12.8. The number of carbonyl (C=O) groups excluding carboxylic acids is 1. The van der Waals surface area contributed by atoms with E-state index in [4.69, 9.17) is 14.2 Å². The first-order valence-corrected chi connectivity index (χ1v) is 7.10. The Kier molecular flexibility index (Phi) is 5.45. The van der Waals surface area contributed by atoms with Gasteiger partial charge in [0, 0.05) is 6.61 Å². The molecule has 0 amide bonds. The van der Waals surface area contributed by atoms with E-state index in [2.05, 4.69) is 0 Å². The summed E-state index contributed by atoms with van der Waals surface area (Å²) in [7, 11) is 1.46. The lowest BCUT2D eigenvalue weighted by Crippen LogP contribution is -2.31. The molecule has 1 saturated heterocycles. The van der Waals surface area contributed by atoms with Gasteiger partial charge in [0.05, 0.1) is 31.8 Å². The lowest BCUT2D eigenvalue weighted by Gasteiger charge is -2.29. The predicted octanol–water partition coefficient (Wildman–Crippen LogP) is 2.30. The number of ether oxygens (including phenoxy) is 3. The highest BCUT2D eigenvalue weighted by Crippen LogP contribution is 2.27. The summed E-state index contributed by atoms with van der Waals surface area (Å²) in [6.45, 7) is 1.59. The minimum absolute atomic E-state index is 0.0657. The first-order valence-electron chi connectivity index (χ1n) is 7.10. The van der Waals surface area contributed by atoms with Gasteiger partial charge in [0.2, 0.25) is 0 Å². The van der Waals surface area contributed by atoms with Crippen LogP contribution in [0.25, 0.3) is 0 Å². The van der Waals surface area contributed by atoms with E-state index >= 15 is 0 Å². The van der Waals surface area contributed by atoms with Crippen LogP contribution in [0.3, 0.4) is 0 Å². The van der Waals surface area contributed by atoms with Crippen LogP contribution < -0.4 is 0 Å². The molecule has 0 spiro atoms. The predicted molar refractivity (Wildman–Crippen MR) is 67.3 cm³/mol. The number of rotatable bonds is 4. The second-order valence-corrected chi connectivity index (χ2v) is 5.32. The third-order valence-corrected chi connectivity index (χ3v) is 4.00. The molecule has 1 heterocycles. The van der Waals surface area contributed by atoms with Gasteiger partial charge < -0.3 is 14.2 Å². The maximum Gasteiger partial charge on any atom is 0.308 e. The van der Waals surface area contributed by atoms with E-state index in [-0.39, 0.29) is 18.0 Å². The SMILES string of the molecule is COC(=O)C1CCC(OCC2CCCCO2)CC1. The van der Waals surface area contributed by atoms with Crippen LogP contribution in [0, 0.1) is 5.92 Å². The van der Waals surface area contributed by atoms with E-state index < -0.39 is 0 Å². The average molecular weight is 256 g/mol. The molecule has 0 aromatic heterocycles. The minimum atomic E-state index is -0.0657. The molecule has 1 saturated carbocycles. The highest BCUT2D eigenvalue weighted by Gasteiger charge is 2.27. The van der Waals surface area contributed by atoms with Gasteiger partial charge in [-0.15, -0.1) is 0 Å². The summed E-state index contributed by atoms with van der Waals surface area (Å²) in [4.78, 5) is 11.4. The summed E-state index contributed by atoms with van der Waals surface area (Å²) < 4.78 is 16.3. The van der Waals surface area contributed by atoms with Gasteiger partial charge in [-0.05, 0) is 44.9 Å². The third-order valence-electron chi connectivity index (χ3n) is 4.00. The van der Waals surface area contributed by atoms with Crippen LogP contribution in [0.15, 0.2) is 0 Å². The van der Waals surface area contributed by atoms with E-state index in [0.29, 0.717) is 12.7 Å². The topological polar surface area (TPSA) is 44.8 Å². The van der Waals surface area contributed by atoms with E-state index in [1.54, 1.807) is 0 Å². The molecule has 18 heavy (non-hydrogen) atoms. The molecule has 0 N–H and O–H groups in total. The van der Waals surface area contributed by atoms with Crippen molar-refractivity contribution in [1.29, 1.82) is 0 Å². The molecule has 1 atom stereocenters. The molecule has 104 valence electrons. The summed E-state index contributed by atoms with van der Waals surface area (Å²) in [5.74, 6) is 0.0184. The van der Waals surface area contributed by atoms with Crippen LogP contribution in [-0.4, -0.2) is 38.5 Å². The molecule has 0 aromatic rings. The normalized spacial score (nSPS) is 33.1. The van der Waals surface area contributed by atoms with Crippen LogP contribution in [-0.2, 0) is 19.0 Å². The summed E-state index contributed by atoms with van der Waals surface area (Å²) in [5, 5.41) is 0. The van der Waals surface area contributed by atoms with Crippen LogP contribution in [0.5, 0.6) is 0 Å². The van der Waals surface area contributed by atoms with Gasteiger partial charge in [0.1, 0.15) is 0 Å². The average Bonchev–Trinajstić information content (AvgIpc) is 2.46. The lowest BCUT2D eigenvalue weighted by atomic mass is 9.87. The first-order chi connectivity index (χ1) is 8.79. The second kappa shape index (κ2) is 7.10. The van der Waals surface area contributed by atoms with Crippen molar-refractivity contribution in [3.05, 3.63) is 0 Å². The molecule has 2 aliphatic rings. The number of methoxy groups -OCH3 is 1. The van der Waals surface area contributed by atoms with Gasteiger partial charge in [0.25, 0.3) is 0 Å². The third kappa shape index (κ3) is 3.95. The molecule has 4 heteroatoms. The van der Waals surface area contributed by atoms with E-state index in [0.717, 1.165) is 38.7 Å². The van der Waals surface area contributed by atoms with Gasteiger partial charge in [-0.2, -0.15) is 0 Å². The van der Waals surface area contributed by atoms with E-state index in [1.807, 2.05) is 0 Å². The highest BCUT2D eigenvalue weighted by molar-refractivity contribution is 5.72. The van der Waals surface area contributed by atoms with Crippen molar-refractivity contribution in [1.82, 2.24) is 0 Å². The standard InChI is InChI=1S/C14H24O4/c1-16-14(15)11-5-7-12(8-6-11)18-10-13-4-2-3-9-17-13/h11-13H,2-10H2,1H3. The Bertz CT molecular complexity index is 253. The summed E-state index contributed by atoms with van der Waals surface area (Å²) in [6.07, 6.45) is 7.86. The zero-order valence-electron chi connectivity index (χ0n) is 11.2. The Hall–Kier alpha value is -0.610. The van der Waals surface area contributed by atoms with Crippen LogP contribution >= 0.6 is 0 Å². The number of carbonyl (C=O) groups is 1. The van der Waals surface area contributed by atoms with Crippen molar-refractivity contribution in [2.75, 3.05) is 20.3 Å². The van der Waals surface area contributed by atoms with Crippen molar-refractivity contribution in [2.24, 2.45) is 5.92 Å². The Balaban J connectivity index is 1.62. The Morgan fingerprint density at radius 1 is 1.17 bits per heavy atom. The largest absolute Gasteiger partial charge is 0.469 e. The number of esters is 1. The van der Waals surface area contributed by atoms with Gasteiger partial charge >= 0.3 is 5.97 Å². The van der Waals surface area contributed by atoms with Gasteiger partial charge in [0.15, 0.2) is 0 Å². The quantitative estimate of drug-likeness (QED) is 0.724. The summed E-state index contributed by atoms with van der Waals surface area (Å²) in [6, 6.07) is 0. The van der Waals surface area contributed by atoms with Crippen molar-refractivity contribution in [3.8, 4) is 0 Å². The minimum Gasteiger partial charge on any atom is -0.469 e. The molecule has 1 aliphatic heterocycles. The molecule has 0 radical (unpaired) electrons. The van der Waals surface area contributed by atoms with Gasteiger partial charge in [-0.25, -0.2) is 0 Å². The number of hydrogen-bond donors (Lipinski definition) is 0. The molecule has 4 nitrogen and oxygen atoms in total. The molecule has 0 bridgehead atoms. The lowest BCUT2D eigenvalue weighted by molar-refractivity contribution is -0.148. The molecule has 2 fully saturated rings. The van der Waals surface area contributed by atoms with E-state index in [9.17, 15) is 4.79 Å². The summed E-state index contributed by atoms with van der Waals surface area (Å²) in [5.41, 5.74) is 0. The highest BCUT2D eigenvalue weighted by atomic mass is 16.5. The Labute approximate surface area is 109 Å². The van der Waals surface area contributed by atoms with Gasteiger partial charge in [-0.1, -0.05) is 0 Å². The maximum absolute atomic E-state index is 11.4. The fraction of sp³-hybridized carbons (Fsp3) is 0.929. The Morgan fingerprint density at radius 2 is 1.94 bits per heavy atom. The second-order valence-electron chi connectivity index (χ2n) is 5.32. The van der Waals surface area contributed by atoms with Crippen molar-refractivity contribution >= 4 is 5.97 Å². The fourth-order valence-corrected chi connectivity index (χ4v) is 2.81. The van der Waals surface area contributed by atoms with Crippen molar-refractivity contribution in [3.63, 3.8) is 0 Å². The summed E-state index contributed by atoms with van der Waals surface area (Å²) >= 11 is 0.